The molecular weight excluding hydrogens is 282 g/mol. The van der Waals surface area contributed by atoms with Crippen molar-refractivity contribution in [1.29, 1.82) is 5.26 Å². The molecule has 7 heteroatoms. The highest BCUT2D eigenvalue weighted by Crippen LogP contribution is 2.10. The number of carboxylic acids is 1. The maximum absolute atomic E-state index is 11.5. The lowest BCUT2D eigenvalue weighted by molar-refractivity contribution is -0.117. The van der Waals surface area contributed by atoms with Gasteiger partial charge in [-0.05, 0) is 24.3 Å². The van der Waals surface area contributed by atoms with Crippen molar-refractivity contribution in [3.8, 4) is 6.07 Å². The molecule has 0 atom stereocenters. The van der Waals surface area contributed by atoms with Crippen molar-refractivity contribution in [2.75, 3.05) is 17.7 Å². The van der Waals surface area contributed by atoms with Gasteiger partial charge in [0.05, 0.1) is 5.56 Å². The molecule has 1 amide bonds. The van der Waals surface area contributed by atoms with Gasteiger partial charge in [0.1, 0.15) is 11.6 Å². The molecule has 6 nitrogen and oxygen atoms in total. The van der Waals surface area contributed by atoms with Gasteiger partial charge < -0.3 is 15.7 Å². The Morgan fingerprint density at radius 1 is 1.35 bits per heavy atom. The van der Waals surface area contributed by atoms with Crippen molar-refractivity contribution in [2.45, 2.75) is 0 Å². The second-order valence-electron chi connectivity index (χ2n) is 3.64. The number of hydrogen-bond donors (Lipinski definition) is 3. The minimum Gasteiger partial charge on any atom is -0.478 e. The van der Waals surface area contributed by atoms with Gasteiger partial charge in [-0.3, -0.25) is 4.79 Å². The zero-order chi connectivity index (χ0) is 15.0. The molecule has 1 rings (SSSR count). The number of rotatable bonds is 6. The van der Waals surface area contributed by atoms with Gasteiger partial charge in [0.15, 0.2) is 0 Å². The molecule has 0 saturated carbocycles. The molecule has 0 unspecified atom stereocenters. The Kier molecular flexibility index (Phi) is 6.07. The second-order valence-corrected chi connectivity index (χ2v) is 4.02. The summed E-state index contributed by atoms with van der Waals surface area (Å²) in [5.41, 5.74) is 0.616. The van der Waals surface area contributed by atoms with Crippen LogP contribution in [0.25, 0.3) is 0 Å². The number of amides is 1. The fraction of sp³-hybridized carbons (Fsp3) is 0.154. The molecule has 0 aliphatic rings. The number of carboxylic acid groups (broad SMARTS) is 1. The van der Waals surface area contributed by atoms with E-state index in [2.05, 4.69) is 10.6 Å². The van der Waals surface area contributed by atoms with Crippen LogP contribution in [-0.4, -0.2) is 29.4 Å². The quantitative estimate of drug-likeness (QED) is 0.420. The van der Waals surface area contributed by atoms with Crippen LogP contribution in [0.1, 0.15) is 10.4 Å². The highest BCUT2D eigenvalue weighted by molar-refractivity contribution is 6.18. The minimum absolute atomic E-state index is 0.0996. The summed E-state index contributed by atoms with van der Waals surface area (Å²) < 4.78 is 0. The third-order valence-corrected chi connectivity index (χ3v) is 2.45. The first-order chi connectivity index (χ1) is 9.58. The number of aromatic carboxylic acids is 1. The number of alkyl halides is 1. The average molecular weight is 294 g/mol. The lowest BCUT2D eigenvalue weighted by atomic mass is 10.2. The average Bonchev–Trinajstić information content (AvgIpc) is 2.46. The van der Waals surface area contributed by atoms with Crippen molar-refractivity contribution in [3.05, 3.63) is 41.6 Å². The Hall–Kier alpha value is -2.52. The Balaban J connectivity index is 2.71. The van der Waals surface area contributed by atoms with E-state index in [0.29, 0.717) is 5.69 Å². The zero-order valence-corrected chi connectivity index (χ0v) is 11.1. The van der Waals surface area contributed by atoms with Gasteiger partial charge in [-0.25, -0.2) is 4.79 Å². The Morgan fingerprint density at radius 2 is 2.00 bits per heavy atom. The molecule has 0 aliphatic carbocycles. The summed E-state index contributed by atoms with van der Waals surface area (Å²) in [6.45, 7) is 0.271. The van der Waals surface area contributed by atoms with Crippen LogP contribution in [0.2, 0.25) is 0 Å². The van der Waals surface area contributed by atoms with E-state index in [-0.39, 0.29) is 23.6 Å². The molecule has 20 heavy (non-hydrogen) atoms. The van der Waals surface area contributed by atoms with Gasteiger partial charge in [-0.1, -0.05) is 0 Å². The first kappa shape index (κ1) is 15.5. The summed E-state index contributed by atoms with van der Waals surface area (Å²) in [5.74, 6) is -1.29. The highest BCUT2D eigenvalue weighted by Gasteiger charge is 2.07. The van der Waals surface area contributed by atoms with Crippen LogP contribution in [0.4, 0.5) is 5.69 Å². The van der Waals surface area contributed by atoms with Crippen LogP contribution in [0.15, 0.2) is 36.0 Å². The predicted molar refractivity (Wildman–Crippen MR) is 74.4 cm³/mol. The van der Waals surface area contributed by atoms with E-state index >= 15 is 0 Å². The monoisotopic (exact) mass is 293 g/mol. The fourth-order valence-electron chi connectivity index (χ4n) is 1.27. The Bertz CT molecular complexity index is 561. The van der Waals surface area contributed by atoms with Crippen molar-refractivity contribution in [3.63, 3.8) is 0 Å². The number of nitrogens with zero attached hydrogens (tertiary/aromatic N) is 1. The highest BCUT2D eigenvalue weighted by atomic mass is 35.5. The molecule has 0 bridgehead atoms. The molecule has 0 fully saturated rings. The fourth-order valence-corrected chi connectivity index (χ4v) is 1.36. The molecule has 1 aromatic carbocycles. The molecular formula is C13H12ClN3O3. The molecule has 0 saturated heterocycles. The van der Waals surface area contributed by atoms with E-state index in [0.717, 1.165) is 0 Å². The number of nitrogens with one attached hydrogen (secondary N) is 2. The Labute approximate surface area is 120 Å². The van der Waals surface area contributed by atoms with E-state index in [1.54, 1.807) is 6.07 Å². The van der Waals surface area contributed by atoms with Crippen molar-refractivity contribution in [2.24, 2.45) is 0 Å². The first-order valence-corrected chi connectivity index (χ1v) is 6.16. The third kappa shape index (κ3) is 4.63. The maximum atomic E-state index is 11.5. The molecule has 1 aromatic rings. The predicted octanol–water partition coefficient (Wildman–Crippen LogP) is 1.56. The normalized spacial score (nSPS) is 10.5. The summed E-state index contributed by atoms with van der Waals surface area (Å²) in [6.07, 6.45) is 1.25. The topological polar surface area (TPSA) is 102 Å². The molecule has 0 spiro atoms. The van der Waals surface area contributed by atoms with Crippen molar-refractivity contribution in [1.82, 2.24) is 5.32 Å². The van der Waals surface area contributed by atoms with Gasteiger partial charge in [0.25, 0.3) is 5.91 Å². The first-order valence-electron chi connectivity index (χ1n) is 5.62. The molecule has 0 heterocycles. The smallest absolute Gasteiger partial charge is 0.335 e. The zero-order valence-electron chi connectivity index (χ0n) is 10.4. The van der Waals surface area contributed by atoms with Gasteiger partial charge in [0, 0.05) is 24.3 Å². The minimum atomic E-state index is -1.02. The van der Waals surface area contributed by atoms with Crippen LogP contribution in [0, 0.1) is 11.3 Å². The van der Waals surface area contributed by atoms with Gasteiger partial charge in [-0.15, -0.1) is 11.6 Å². The van der Waals surface area contributed by atoms with Crippen LogP contribution >= 0.6 is 11.6 Å². The maximum Gasteiger partial charge on any atom is 0.335 e. The summed E-state index contributed by atoms with van der Waals surface area (Å²) in [6, 6.07) is 7.66. The van der Waals surface area contributed by atoms with Crippen LogP contribution in [0.3, 0.4) is 0 Å². The SMILES string of the molecule is N#C/C(=C/Nc1ccc(C(=O)O)cc1)C(=O)NCCCl. The molecule has 3 N–H and O–H groups in total. The van der Waals surface area contributed by atoms with E-state index in [4.69, 9.17) is 22.0 Å². The lowest BCUT2D eigenvalue weighted by Crippen LogP contribution is -2.26. The number of anilines is 1. The number of benzene rings is 1. The second kappa shape index (κ2) is 7.81. The lowest BCUT2D eigenvalue weighted by Gasteiger charge is -2.04. The van der Waals surface area contributed by atoms with Crippen molar-refractivity contribution < 1.29 is 14.7 Å². The summed E-state index contributed by atoms with van der Waals surface area (Å²) in [7, 11) is 0. The molecule has 104 valence electrons. The standard InChI is InChI=1S/C13H12ClN3O3/c14-5-6-16-12(18)10(7-15)8-17-11-3-1-9(2-4-11)13(19)20/h1-4,8,17H,5-6H2,(H,16,18)(H,19,20)/b10-8-. The number of carbonyl (C=O) groups excluding carboxylic acids is 1. The van der Waals surface area contributed by atoms with Gasteiger partial charge in [-0.2, -0.15) is 5.26 Å². The van der Waals surface area contributed by atoms with E-state index < -0.39 is 11.9 Å². The van der Waals surface area contributed by atoms with Crippen molar-refractivity contribution >= 4 is 29.2 Å². The number of halogens is 1. The summed E-state index contributed by atoms with van der Waals surface area (Å²) in [4.78, 5) is 22.2. The molecule has 0 aromatic heterocycles. The van der Waals surface area contributed by atoms with Gasteiger partial charge in [0.2, 0.25) is 0 Å². The van der Waals surface area contributed by atoms with E-state index in [1.807, 2.05) is 0 Å². The van der Waals surface area contributed by atoms with Crippen LogP contribution in [-0.2, 0) is 4.79 Å². The number of nitriles is 1. The summed E-state index contributed by atoms with van der Waals surface area (Å²) >= 11 is 5.43. The molecule has 0 radical (unpaired) electrons. The number of carbonyl (C=O) groups is 2. The van der Waals surface area contributed by atoms with Crippen LogP contribution < -0.4 is 10.6 Å². The third-order valence-electron chi connectivity index (χ3n) is 2.26. The van der Waals surface area contributed by atoms with E-state index in [1.165, 1.54) is 30.5 Å². The summed E-state index contributed by atoms with van der Waals surface area (Å²) in [5, 5.41) is 22.8. The Morgan fingerprint density at radius 3 is 2.50 bits per heavy atom. The molecule has 0 aliphatic heterocycles. The number of hydrogen-bond acceptors (Lipinski definition) is 4. The largest absolute Gasteiger partial charge is 0.478 e. The van der Waals surface area contributed by atoms with Gasteiger partial charge >= 0.3 is 5.97 Å². The van der Waals surface area contributed by atoms with E-state index in [9.17, 15) is 9.59 Å². The van der Waals surface area contributed by atoms with Crippen LogP contribution in [0.5, 0.6) is 0 Å².